The zero-order valence-corrected chi connectivity index (χ0v) is 13.0. The van der Waals surface area contributed by atoms with Gasteiger partial charge in [0.1, 0.15) is 0 Å². The van der Waals surface area contributed by atoms with Crippen LogP contribution >= 0.6 is 11.6 Å². The highest BCUT2D eigenvalue weighted by molar-refractivity contribution is 6.31. The maximum atomic E-state index is 11.9. The Labute approximate surface area is 125 Å². The fourth-order valence-corrected chi connectivity index (χ4v) is 3.56. The van der Waals surface area contributed by atoms with E-state index in [4.69, 9.17) is 11.6 Å². The van der Waals surface area contributed by atoms with Crippen molar-refractivity contribution in [2.24, 2.45) is 12.5 Å². The lowest BCUT2D eigenvalue weighted by Crippen LogP contribution is -2.33. The monoisotopic (exact) mass is 298 g/mol. The van der Waals surface area contributed by atoms with Crippen molar-refractivity contribution in [1.29, 1.82) is 0 Å². The van der Waals surface area contributed by atoms with Crippen LogP contribution in [0, 0.1) is 5.41 Å². The lowest BCUT2D eigenvalue weighted by molar-refractivity contribution is -0.150. The van der Waals surface area contributed by atoms with E-state index in [0.29, 0.717) is 11.4 Å². The Morgan fingerprint density at radius 1 is 1.35 bits per heavy atom. The fourth-order valence-electron chi connectivity index (χ4n) is 3.20. The van der Waals surface area contributed by atoms with Crippen LogP contribution < -0.4 is 0 Å². The Morgan fingerprint density at radius 3 is 2.40 bits per heavy atom. The summed E-state index contributed by atoms with van der Waals surface area (Å²) in [4.78, 5) is 11.9. The number of aryl methyl sites for hydroxylation is 2. The molecular formula is C15H23ClN2O2. The van der Waals surface area contributed by atoms with E-state index < -0.39 is 11.4 Å². The van der Waals surface area contributed by atoms with Crippen LogP contribution in [0.4, 0.5) is 0 Å². The molecule has 4 nitrogen and oxygen atoms in total. The molecule has 0 amide bonds. The van der Waals surface area contributed by atoms with Crippen LogP contribution in [0.1, 0.15) is 56.8 Å². The average molecular weight is 299 g/mol. The molecule has 0 aliphatic heterocycles. The van der Waals surface area contributed by atoms with Crippen molar-refractivity contribution in [1.82, 2.24) is 9.78 Å². The SMILES string of the molecule is CCc1nn(C)c(CC2(C(=O)O)CCCCCC2)c1Cl. The largest absolute Gasteiger partial charge is 0.481 e. The summed E-state index contributed by atoms with van der Waals surface area (Å²) in [5.74, 6) is -0.685. The second-order valence-electron chi connectivity index (χ2n) is 5.86. The minimum Gasteiger partial charge on any atom is -0.481 e. The summed E-state index contributed by atoms with van der Waals surface area (Å²) in [7, 11) is 1.85. The third-order valence-electron chi connectivity index (χ3n) is 4.52. The molecule has 1 aromatic rings. The molecule has 0 radical (unpaired) electrons. The van der Waals surface area contributed by atoms with E-state index in [1.54, 1.807) is 4.68 Å². The second kappa shape index (κ2) is 6.17. The smallest absolute Gasteiger partial charge is 0.310 e. The number of carboxylic acid groups (broad SMARTS) is 1. The number of aromatic nitrogens is 2. The number of hydrogen-bond donors (Lipinski definition) is 1. The van der Waals surface area contributed by atoms with Crippen LogP contribution in [-0.4, -0.2) is 20.9 Å². The van der Waals surface area contributed by atoms with E-state index in [1.807, 2.05) is 14.0 Å². The van der Waals surface area contributed by atoms with Gasteiger partial charge in [0.15, 0.2) is 0 Å². The quantitative estimate of drug-likeness (QED) is 0.864. The van der Waals surface area contributed by atoms with Gasteiger partial charge in [-0.15, -0.1) is 0 Å². The van der Waals surface area contributed by atoms with E-state index in [9.17, 15) is 9.90 Å². The molecule has 0 spiro atoms. The number of aliphatic carboxylic acids is 1. The molecule has 0 unspecified atom stereocenters. The van der Waals surface area contributed by atoms with Crippen LogP contribution in [0.2, 0.25) is 5.02 Å². The summed E-state index contributed by atoms with van der Waals surface area (Å²) in [5.41, 5.74) is 1.06. The van der Waals surface area contributed by atoms with Gasteiger partial charge in [-0.1, -0.05) is 44.2 Å². The normalized spacial score (nSPS) is 18.8. The maximum absolute atomic E-state index is 11.9. The lowest BCUT2D eigenvalue weighted by atomic mass is 9.76. The van der Waals surface area contributed by atoms with E-state index in [-0.39, 0.29) is 0 Å². The van der Waals surface area contributed by atoms with Crippen molar-refractivity contribution in [3.8, 4) is 0 Å². The Balaban J connectivity index is 2.33. The highest BCUT2D eigenvalue weighted by Gasteiger charge is 2.40. The van der Waals surface area contributed by atoms with Gasteiger partial charge < -0.3 is 5.11 Å². The lowest BCUT2D eigenvalue weighted by Gasteiger charge is -2.28. The average Bonchev–Trinajstić information content (AvgIpc) is 2.62. The molecule has 1 heterocycles. The molecule has 1 saturated carbocycles. The molecule has 0 saturated heterocycles. The molecular weight excluding hydrogens is 276 g/mol. The minimum atomic E-state index is -0.685. The molecule has 2 rings (SSSR count). The number of rotatable bonds is 4. The molecule has 112 valence electrons. The summed E-state index contributed by atoms with van der Waals surface area (Å²) in [6.07, 6.45) is 6.99. The highest BCUT2D eigenvalue weighted by Crippen LogP contribution is 2.40. The van der Waals surface area contributed by atoms with Gasteiger partial charge in [-0.25, -0.2) is 0 Å². The number of carboxylic acids is 1. The van der Waals surface area contributed by atoms with Gasteiger partial charge in [-0.2, -0.15) is 5.10 Å². The summed E-state index contributed by atoms with van der Waals surface area (Å²) in [6.45, 7) is 2.01. The zero-order valence-electron chi connectivity index (χ0n) is 12.3. The van der Waals surface area contributed by atoms with Gasteiger partial charge in [0.25, 0.3) is 0 Å². The van der Waals surface area contributed by atoms with E-state index in [1.165, 1.54) is 0 Å². The summed E-state index contributed by atoms with van der Waals surface area (Å²) < 4.78 is 1.76. The van der Waals surface area contributed by atoms with Crippen LogP contribution in [0.15, 0.2) is 0 Å². The van der Waals surface area contributed by atoms with Gasteiger partial charge in [0.2, 0.25) is 0 Å². The molecule has 0 bridgehead atoms. The minimum absolute atomic E-state index is 0.491. The molecule has 0 aromatic carbocycles. The van der Waals surface area contributed by atoms with Crippen molar-refractivity contribution in [2.75, 3.05) is 0 Å². The molecule has 1 aliphatic carbocycles. The predicted octanol–water partition coefficient (Wildman–Crippen LogP) is 3.60. The van der Waals surface area contributed by atoms with Gasteiger partial charge in [-0.3, -0.25) is 9.48 Å². The summed E-state index contributed by atoms with van der Waals surface area (Å²) >= 11 is 6.38. The van der Waals surface area contributed by atoms with Crippen molar-refractivity contribution in [2.45, 2.75) is 58.3 Å². The maximum Gasteiger partial charge on any atom is 0.310 e. The van der Waals surface area contributed by atoms with Crippen molar-refractivity contribution in [3.05, 3.63) is 16.4 Å². The van der Waals surface area contributed by atoms with E-state index in [0.717, 1.165) is 56.3 Å². The predicted molar refractivity (Wildman–Crippen MR) is 79.1 cm³/mol. The molecule has 20 heavy (non-hydrogen) atoms. The van der Waals surface area contributed by atoms with Gasteiger partial charge >= 0.3 is 5.97 Å². The molecule has 1 N–H and O–H groups in total. The Hall–Kier alpha value is -1.03. The number of halogens is 1. The van der Waals surface area contributed by atoms with Crippen LogP contribution in [0.25, 0.3) is 0 Å². The van der Waals surface area contributed by atoms with Gasteiger partial charge in [-0.05, 0) is 19.3 Å². The van der Waals surface area contributed by atoms with Gasteiger partial charge in [0.05, 0.1) is 21.8 Å². The highest BCUT2D eigenvalue weighted by atomic mass is 35.5. The molecule has 0 atom stereocenters. The third-order valence-corrected chi connectivity index (χ3v) is 4.96. The fraction of sp³-hybridized carbons (Fsp3) is 0.733. The van der Waals surface area contributed by atoms with E-state index >= 15 is 0 Å². The Bertz CT molecular complexity index is 488. The summed E-state index contributed by atoms with van der Waals surface area (Å²) in [5, 5.41) is 14.8. The van der Waals surface area contributed by atoms with Crippen LogP contribution in [-0.2, 0) is 24.7 Å². The second-order valence-corrected chi connectivity index (χ2v) is 6.24. The molecule has 1 fully saturated rings. The number of nitrogens with zero attached hydrogens (tertiary/aromatic N) is 2. The first kappa shape index (κ1) is 15.4. The first-order valence-corrected chi connectivity index (χ1v) is 7.81. The first-order valence-electron chi connectivity index (χ1n) is 7.44. The van der Waals surface area contributed by atoms with Crippen molar-refractivity contribution >= 4 is 17.6 Å². The zero-order chi connectivity index (χ0) is 14.8. The first-order chi connectivity index (χ1) is 9.50. The van der Waals surface area contributed by atoms with Gasteiger partial charge in [0, 0.05) is 13.5 Å². The van der Waals surface area contributed by atoms with Crippen molar-refractivity contribution < 1.29 is 9.90 Å². The number of carbonyl (C=O) groups is 1. The van der Waals surface area contributed by atoms with Crippen LogP contribution in [0.3, 0.4) is 0 Å². The standard InChI is InChI=1S/C15H23ClN2O2/c1-3-11-13(16)12(18(2)17-11)10-15(14(19)20)8-6-4-5-7-9-15/h3-10H2,1-2H3,(H,19,20). The van der Waals surface area contributed by atoms with Crippen LogP contribution in [0.5, 0.6) is 0 Å². The molecule has 5 heteroatoms. The van der Waals surface area contributed by atoms with Crippen molar-refractivity contribution in [3.63, 3.8) is 0 Å². The number of hydrogen-bond acceptors (Lipinski definition) is 2. The van der Waals surface area contributed by atoms with E-state index in [2.05, 4.69) is 5.10 Å². The summed E-state index contributed by atoms with van der Waals surface area (Å²) in [6, 6.07) is 0. The third kappa shape index (κ3) is 2.85. The Kier molecular flexibility index (Phi) is 4.74. The molecule has 1 aliphatic rings. The topological polar surface area (TPSA) is 55.1 Å². The molecule has 1 aromatic heterocycles. The Morgan fingerprint density at radius 2 is 1.95 bits per heavy atom.